The van der Waals surface area contributed by atoms with Crippen molar-refractivity contribution in [3.63, 3.8) is 0 Å². The van der Waals surface area contributed by atoms with Gasteiger partial charge < -0.3 is 23.9 Å². The second-order valence-electron chi connectivity index (χ2n) is 8.65. The fourth-order valence-electron chi connectivity index (χ4n) is 4.15. The van der Waals surface area contributed by atoms with Crippen LogP contribution in [0.2, 0.25) is 0 Å². The van der Waals surface area contributed by atoms with Gasteiger partial charge in [-0.1, -0.05) is 44.5 Å². The molecule has 1 aliphatic heterocycles. The highest BCUT2D eigenvalue weighted by Crippen LogP contribution is 2.41. The third kappa shape index (κ3) is 5.46. The average molecular weight is 490 g/mol. The van der Waals surface area contributed by atoms with E-state index in [1.54, 1.807) is 36.4 Å². The fourth-order valence-corrected chi connectivity index (χ4v) is 4.15. The van der Waals surface area contributed by atoms with Crippen LogP contribution in [0.1, 0.15) is 56.0 Å². The Kier molecular flexibility index (Phi) is 8.10. The molecule has 36 heavy (non-hydrogen) atoms. The molecule has 1 aromatic heterocycles. The Labute approximate surface area is 210 Å². The van der Waals surface area contributed by atoms with E-state index in [9.17, 15) is 14.7 Å². The lowest BCUT2D eigenvalue weighted by Crippen LogP contribution is -2.29. The maximum absolute atomic E-state index is 13.2. The molecule has 188 valence electrons. The normalized spacial score (nSPS) is 16.9. The topological polar surface area (TPSA) is 89.2 Å². The number of ether oxygens (including phenoxy) is 2. The predicted molar refractivity (Wildman–Crippen MR) is 136 cm³/mol. The summed E-state index contributed by atoms with van der Waals surface area (Å²) < 4.78 is 16.9. The molecule has 1 saturated heterocycles. The van der Waals surface area contributed by atoms with Crippen LogP contribution >= 0.6 is 0 Å². The molecule has 7 nitrogen and oxygen atoms in total. The van der Waals surface area contributed by atoms with Crippen molar-refractivity contribution in [2.75, 3.05) is 13.2 Å². The van der Waals surface area contributed by atoms with Crippen molar-refractivity contribution in [2.24, 2.45) is 0 Å². The van der Waals surface area contributed by atoms with Gasteiger partial charge in [-0.05, 0) is 54.8 Å². The van der Waals surface area contributed by atoms with Gasteiger partial charge in [0.05, 0.1) is 37.6 Å². The Morgan fingerprint density at radius 1 is 0.944 bits per heavy atom. The van der Waals surface area contributed by atoms with Gasteiger partial charge in [0.1, 0.15) is 23.0 Å². The van der Waals surface area contributed by atoms with E-state index in [2.05, 4.69) is 6.92 Å². The molecule has 1 atom stereocenters. The van der Waals surface area contributed by atoms with Gasteiger partial charge in [-0.25, -0.2) is 0 Å². The van der Waals surface area contributed by atoms with Crippen LogP contribution in [0.5, 0.6) is 11.5 Å². The van der Waals surface area contributed by atoms with Crippen LogP contribution in [0.3, 0.4) is 0 Å². The molecule has 0 spiro atoms. The summed E-state index contributed by atoms with van der Waals surface area (Å²) >= 11 is 0. The molecular formula is C29H31NO6. The lowest BCUT2D eigenvalue weighted by atomic mass is 9.95. The van der Waals surface area contributed by atoms with Crippen LogP contribution in [-0.4, -0.2) is 34.9 Å². The van der Waals surface area contributed by atoms with Crippen LogP contribution in [0, 0.1) is 0 Å². The summed E-state index contributed by atoms with van der Waals surface area (Å²) in [4.78, 5) is 27.8. The number of nitrogens with zero attached hydrogens (tertiary/aromatic N) is 1. The zero-order valence-corrected chi connectivity index (χ0v) is 20.6. The number of carbonyl (C=O) groups is 2. The molecule has 0 bridgehead atoms. The van der Waals surface area contributed by atoms with E-state index in [1.165, 1.54) is 11.2 Å². The second-order valence-corrected chi connectivity index (χ2v) is 8.65. The van der Waals surface area contributed by atoms with Crippen LogP contribution in [0.15, 0.2) is 76.9 Å². The lowest BCUT2D eigenvalue weighted by molar-refractivity contribution is -0.140. The van der Waals surface area contributed by atoms with Gasteiger partial charge in [0.2, 0.25) is 0 Å². The minimum Gasteiger partial charge on any atom is -0.507 e. The zero-order chi connectivity index (χ0) is 25.5. The first-order chi connectivity index (χ1) is 17.5. The minimum atomic E-state index is -0.792. The summed E-state index contributed by atoms with van der Waals surface area (Å²) in [6.07, 6.45) is 4.34. The highest BCUT2D eigenvalue weighted by atomic mass is 16.5. The van der Waals surface area contributed by atoms with Gasteiger partial charge in [-0.2, -0.15) is 0 Å². The maximum atomic E-state index is 13.2. The van der Waals surface area contributed by atoms with E-state index in [1.807, 2.05) is 31.2 Å². The third-order valence-corrected chi connectivity index (χ3v) is 5.99. The molecule has 3 aromatic rings. The summed E-state index contributed by atoms with van der Waals surface area (Å²) in [5.41, 5.74) is 1.12. The van der Waals surface area contributed by atoms with E-state index >= 15 is 0 Å². The first kappa shape index (κ1) is 25.1. The molecule has 0 saturated carbocycles. The number of aliphatic hydroxyl groups excluding tert-OH is 1. The second kappa shape index (κ2) is 11.6. The van der Waals surface area contributed by atoms with E-state index in [-0.39, 0.29) is 17.9 Å². The van der Waals surface area contributed by atoms with E-state index < -0.39 is 17.7 Å². The Balaban J connectivity index is 1.74. The van der Waals surface area contributed by atoms with E-state index in [0.29, 0.717) is 41.6 Å². The predicted octanol–water partition coefficient (Wildman–Crippen LogP) is 5.87. The first-order valence-electron chi connectivity index (χ1n) is 12.3. The van der Waals surface area contributed by atoms with Gasteiger partial charge in [-0.3, -0.25) is 9.59 Å². The average Bonchev–Trinajstić information content (AvgIpc) is 3.50. The molecule has 1 aliphatic rings. The standard InChI is InChI=1S/C29H31NO6/c1-3-5-16-35-22-13-11-20(12-14-22)26-25(27(31)21-8-6-9-23(18-21)34-15-4-2)28(32)29(33)30(26)19-24-10-7-17-36-24/h6-14,17-18,26,31H,3-5,15-16,19H2,1-2H3. The van der Waals surface area contributed by atoms with Crippen LogP contribution in [0.25, 0.3) is 5.76 Å². The maximum Gasteiger partial charge on any atom is 0.296 e. The zero-order valence-electron chi connectivity index (χ0n) is 20.6. The first-order valence-corrected chi connectivity index (χ1v) is 12.3. The molecule has 1 unspecified atom stereocenters. The largest absolute Gasteiger partial charge is 0.507 e. The molecule has 4 rings (SSSR count). The number of furan rings is 1. The van der Waals surface area contributed by atoms with Gasteiger partial charge in [0.15, 0.2) is 0 Å². The van der Waals surface area contributed by atoms with Gasteiger partial charge in [0.25, 0.3) is 11.7 Å². The highest BCUT2D eigenvalue weighted by Gasteiger charge is 2.46. The van der Waals surface area contributed by atoms with Gasteiger partial charge >= 0.3 is 0 Å². The number of benzene rings is 2. The fraction of sp³-hybridized carbons (Fsp3) is 0.310. The van der Waals surface area contributed by atoms with Crippen LogP contribution < -0.4 is 9.47 Å². The Bertz CT molecular complexity index is 1210. The lowest BCUT2D eigenvalue weighted by Gasteiger charge is -2.24. The molecule has 2 aromatic carbocycles. The van der Waals surface area contributed by atoms with Crippen molar-refractivity contribution in [1.29, 1.82) is 0 Å². The summed E-state index contributed by atoms with van der Waals surface area (Å²) in [6.45, 7) is 5.34. The Hall–Kier alpha value is -4.00. The van der Waals surface area contributed by atoms with Crippen molar-refractivity contribution >= 4 is 17.4 Å². The van der Waals surface area contributed by atoms with Crippen molar-refractivity contribution in [2.45, 2.75) is 45.7 Å². The number of amides is 1. The molecule has 2 heterocycles. The minimum absolute atomic E-state index is 0.0267. The quantitative estimate of drug-likeness (QED) is 0.157. The van der Waals surface area contributed by atoms with Crippen LogP contribution in [0.4, 0.5) is 0 Å². The molecular weight excluding hydrogens is 458 g/mol. The van der Waals surface area contributed by atoms with Crippen molar-refractivity contribution in [3.05, 3.63) is 89.4 Å². The van der Waals surface area contributed by atoms with Gasteiger partial charge in [0, 0.05) is 5.56 Å². The molecule has 0 aliphatic carbocycles. The molecule has 1 fully saturated rings. The SMILES string of the molecule is CCCCOc1ccc(C2C(=C(O)c3cccc(OCCC)c3)C(=O)C(=O)N2Cc2ccco2)cc1. The number of unbranched alkanes of at least 4 members (excludes halogenated alkanes) is 1. The van der Waals surface area contributed by atoms with E-state index in [4.69, 9.17) is 13.9 Å². The number of Topliss-reactive ketones (excluding diaryl/α,β-unsaturated/α-hetero) is 1. The van der Waals surface area contributed by atoms with Gasteiger partial charge in [-0.15, -0.1) is 0 Å². The summed E-state index contributed by atoms with van der Waals surface area (Å²) in [6, 6.07) is 16.9. The molecule has 0 radical (unpaired) electrons. The summed E-state index contributed by atoms with van der Waals surface area (Å²) in [5, 5.41) is 11.3. The molecule has 7 heteroatoms. The number of hydrogen-bond acceptors (Lipinski definition) is 6. The summed E-state index contributed by atoms with van der Waals surface area (Å²) in [5.74, 6) is 0.139. The van der Waals surface area contributed by atoms with Crippen molar-refractivity contribution in [1.82, 2.24) is 4.90 Å². The van der Waals surface area contributed by atoms with Crippen molar-refractivity contribution in [3.8, 4) is 11.5 Å². The monoisotopic (exact) mass is 489 g/mol. The number of carbonyl (C=O) groups excluding carboxylic acids is 2. The number of ketones is 1. The Morgan fingerprint density at radius 3 is 2.42 bits per heavy atom. The number of likely N-dealkylation sites (tertiary alicyclic amines) is 1. The Morgan fingerprint density at radius 2 is 1.72 bits per heavy atom. The number of rotatable bonds is 11. The van der Waals surface area contributed by atoms with Crippen molar-refractivity contribution < 1.29 is 28.6 Å². The van der Waals surface area contributed by atoms with E-state index in [0.717, 1.165) is 19.3 Å². The number of aliphatic hydroxyl groups is 1. The van der Waals surface area contributed by atoms with Crippen LogP contribution in [-0.2, 0) is 16.1 Å². The molecule has 1 N–H and O–H groups in total. The highest BCUT2D eigenvalue weighted by molar-refractivity contribution is 6.46. The third-order valence-electron chi connectivity index (χ3n) is 5.99. The number of hydrogen-bond donors (Lipinski definition) is 1. The molecule has 1 amide bonds. The smallest absolute Gasteiger partial charge is 0.296 e. The summed E-state index contributed by atoms with van der Waals surface area (Å²) in [7, 11) is 0.